The van der Waals surface area contributed by atoms with Gasteiger partial charge in [-0.15, -0.1) is 0 Å². The number of nitrogens with one attached hydrogen (secondary N) is 2. The van der Waals surface area contributed by atoms with Crippen molar-refractivity contribution in [2.45, 2.75) is 101 Å². The van der Waals surface area contributed by atoms with E-state index in [-0.39, 0.29) is 11.8 Å². The minimum Gasteiger partial charge on any atom is -0.493 e. The molecule has 2 saturated heterocycles. The van der Waals surface area contributed by atoms with Crippen molar-refractivity contribution in [1.29, 1.82) is 0 Å². The largest absolute Gasteiger partial charge is 0.493 e. The van der Waals surface area contributed by atoms with Crippen LogP contribution in [0.15, 0.2) is 18.2 Å². The molecule has 4 rings (SSSR count). The van der Waals surface area contributed by atoms with Crippen molar-refractivity contribution in [3.05, 3.63) is 18.2 Å². The summed E-state index contributed by atoms with van der Waals surface area (Å²) in [5, 5.41) is 14.2. The number of aliphatic hydroxyl groups is 1. The van der Waals surface area contributed by atoms with Gasteiger partial charge in [-0.25, -0.2) is 8.42 Å². The Bertz CT molecular complexity index is 1210. The minimum absolute atomic E-state index is 0.0341. The molecule has 1 atom stereocenters. The van der Waals surface area contributed by atoms with Crippen LogP contribution in [0.4, 0.5) is 5.69 Å². The highest BCUT2D eigenvalue weighted by Crippen LogP contribution is 2.37. The maximum Gasteiger partial charge on any atom is 0.246 e. The molecule has 3 N–H and O–H groups in total. The molecule has 2 aliphatic heterocycles. The molecule has 1 aliphatic carbocycles. The summed E-state index contributed by atoms with van der Waals surface area (Å²) in [6.07, 6.45) is 10.5. The van der Waals surface area contributed by atoms with Crippen LogP contribution in [0.25, 0.3) is 0 Å². The number of rotatable bonds is 14. The Morgan fingerprint density at radius 3 is 2.40 bits per heavy atom. The van der Waals surface area contributed by atoms with Gasteiger partial charge in [-0.3, -0.25) is 14.3 Å². The maximum absolute atomic E-state index is 13.8. The highest BCUT2D eigenvalue weighted by molar-refractivity contribution is 7.92. The van der Waals surface area contributed by atoms with Gasteiger partial charge in [0, 0.05) is 32.1 Å². The number of benzene rings is 1. The molecule has 0 aromatic heterocycles. The second-order valence-electron chi connectivity index (χ2n) is 12.5. The first-order valence-corrected chi connectivity index (χ1v) is 17.7. The van der Waals surface area contributed by atoms with E-state index in [4.69, 9.17) is 9.47 Å². The number of anilines is 1. The normalized spacial score (nSPS) is 22.3. The molecule has 1 aromatic rings. The summed E-state index contributed by atoms with van der Waals surface area (Å²) in [4.78, 5) is 31.6. The Morgan fingerprint density at radius 1 is 1.02 bits per heavy atom. The number of sulfonamides is 1. The zero-order chi connectivity index (χ0) is 31.1. The standard InChI is InChI=1S/C31H50N4O7S/c1-4-5-18-35-28(36)25(23-30(38)13-7-6-8-14-30)32-29(37)31(35)15-19-34(20-16-31)17-9-10-21-42-26-12-11-24(22-27(26)41-2)33-43(3,39)40/h11-12,22,25,33,38H,4-10,13-21,23H2,1-3H3,(H,32,37)/t25-/m1/s1. The third-order valence-corrected chi connectivity index (χ3v) is 9.80. The number of unbranched alkanes of at least 4 members (excludes halogenated alkanes) is 2. The van der Waals surface area contributed by atoms with Gasteiger partial charge in [-0.1, -0.05) is 32.6 Å². The van der Waals surface area contributed by atoms with E-state index in [9.17, 15) is 23.1 Å². The van der Waals surface area contributed by atoms with E-state index < -0.39 is 27.2 Å². The third kappa shape index (κ3) is 8.54. The molecule has 2 heterocycles. The van der Waals surface area contributed by atoms with Crippen molar-refractivity contribution in [2.24, 2.45) is 0 Å². The quantitative estimate of drug-likeness (QED) is 0.269. The van der Waals surface area contributed by atoms with Crippen molar-refractivity contribution < 1.29 is 32.6 Å². The lowest BCUT2D eigenvalue weighted by atomic mass is 9.77. The van der Waals surface area contributed by atoms with Crippen LogP contribution in [0.2, 0.25) is 0 Å². The maximum atomic E-state index is 13.8. The van der Waals surface area contributed by atoms with E-state index >= 15 is 0 Å². The van der Waals surface area contributed by atoms with Crippen LogP contribution in [0, 0.1) is 0 Å². The Kier molecular flexibility index (Phi) is 11.2. The van der Waals surface area contributed by atoms with Gasteiger partial charge in [0.25, 0.3) is 0 Å². The second kappa shape index (κ2) is 14.5. The number of hydrogen-bond donors (Lipinski definition) is 3. The summed E-state index contributed by atoms with van der Waals surface area (Å²) in [6.45, 7) is 5.50. The zero-order valence-electron chi connectivity index (χ0n) is 26.0. The van der Waals surface area contributed by atoms with Gasteiger partial charge in [0.15, 0.2) is 11.5 Å². The number of methoxy groups -OCH3 is 1. The molecule has 0 radical (unpaired) electrons. The molecule has 1 spiro atoms. The summed E-state index contributed by atoms with van der Waals surface area (Å²) in [6, 6.07) is 4.27. The summed E-state index contributed by atoms with van der Waals surface area (Å²) in [7, 11) is -1.87. The number of piperazine rings is 1. The van der Waals surface area contributed by atoms with Crippen LogP contribution in [0.3, 0.4) is 0 Å². The average Bonchev–Trinajstić information content (AvgIpc) is 2.96. The highest BCUT2D eigenvalue weighted by Gasteiger charge is 2.54. The van der Waals surface area contributed by atoms with Gasteiger partial charge in [0.05, 0.1) is 31.3 Å². The molecule has 43 heavy (non-hydrogen) atoms. The lowest BCUT2D eigenvalue weighted by molar-refractivity contribution is -0.163. The number of likely N-dealkylation sites (tertiary alicyclic amines) is 1. The van der Waals surface area contributed by atoms with Crippen LogP contribution in [0.1, 0.15) is 84.0 Å². The van der Waals surface area contributed by atoms with Crippen molar-refractivity contribution in [2.75, 3.05) is 50.9 Å². The SMILES string of the molecule is CCCCN1C(=O)[C@@H](CC2(O)CCCCC2)NC(=O)C12CCN(CCCCOc1ccc(NS(C)(=O)=O)cc1OC)CC2. The van der Waals surface area contributed by atoms with Gasteiger partial charge >= 0.3 is 0 Å². The van der Waals surface area contributed by atoms with E-state index in [1.807, 2.05) is 4.90 Å². The average molecular weight is 623 g/mol. The number of carbonyl (C=O) groups is 2. The smallest absolute Gasteiger partial charge is 0.246 e. The van der Waals surface area contributed by atoms with E-state index in [1.54, 1.807) is 18.2 Å². The highest BCUT2D eigenvalue weighted by atomic mass is 32.2. The summed E-state index contributed by atoms with van der Waals surface area (Å²) < 4.78 is 36.7. The van der Waals surface area contributed by atoms with Crippen molar-refractivity contribution in [3.63, 3.8) is 0 Å². The van der Waals surface area contributed by atoms with Crippen LogP contribution in [-0.4, -0.2) is 98.5 Å². The molecule has 11 nitrogen and oxygen atoms in total. The number of nitrogens with zero attached hydrogens (tertiary/aromatic N) is 2. The minimum atomic E-state index is -3.38. The number of amides is 2. The van der Waals surface area contributed by atoms with E-state index in [1.165, 1.54) is 7.11 Å². The third-order valence-electron chi connectivity index (χ3n) is 9.19. The van der Waals surface area contributed by atoms with Crippen molar-refractivity contribution >= 4 is 27.5 Å². The fourth-order valence-corrected chi connectivity index (χ4v) is 7.33. The van der Waals surface area contributed by atoms with Crippen LogP contribution < -0.4 is 19.5 Å². The van der Waals surface area contributed by atoms with Crippen LogP contribution >= 0.6 is 0 Å². The first-order chi connectivity index (χ1) is 20.5. The lowest BCUT2D eigenvalue weighted by Crippen LogP contribution is -2.73. The van der Waals surface area contributed by atoms with Gasteiger partial charge in [0.1, 0.15) is 11.6 Å². The van der Waals surface area contributed by atoms with Crippen LogP contribution in [-0.2, 0) is 19.6 Å². The van der Waals surface area contributed by atoms with Crippen molar-refractivity contribution in [3.8, 4) is 11.5 Å². The number of hydrogen-bond acceptors (Lipinski definition) is 8. The number of piperidine rings is 1. The Hall–Kier alpha value is -2.57. The number of ether oxygens (including phenoxy) is 2. The van der Waals surface area contributed by atoms with E-state index in [0.29, 0.717) is 62.4 Å². The molecule has 0 unspecified atom stereocenters. The molecular formula is C31H50N4O7S. The van der Waals surface area contributed by atoms with Crippen molar-refractivity contribution in [1.82, 2.24) is 15.1 Å². The van der Waals surface area contributed by atoms with E-state index in [2.05, 4.69) is 21.9 Å². The lowest BCUT2D eigenvalue weighted by Gasteiger charge is -2.52. The fourth-order valence-electron chi connectivity index (χ4n) is 6.78. The molecular weight excluding hydrogens is 572 g/mol. The second-order valence-corrected chi connectivity index (χ2v) is 14.3. The topological polar surface area (TPSA) is 138 Å². The zero-order valence-corrected chi connectivity index (χ0v) is 26.8. The Labute approximate surface area is 256 Å². The van der Waals surface area contributed by atoms with Gasteiger partial charge in [-0.2, -0.15) is 0 Å². The molecule has 1 aromatic carbocycles. The molecule has 242 valence electrons. The van der Waals surface area contributed by atoms with Gasteiger partial charge < -0.3 is 29.7 Å². The summed E-state index contributed by atoms with van der Waals surface area (Å²) in [5.41, 5.74) is -1.27. The Balaban J connectivity index is 1.27. The first kappa shape index (κ1) is 33.3. The first-order valence-electron chi connectivity index (χ1n) is 15.8. The number of carbonyl (C=O) groups excluding carboxylic acids is 2. The predicted molar refractivity (Wildman–Crippen MR) is 166 cm³/mol. The molecule has 2 amide bonds. The van der Waals surface area contributed by atoms with E-state index in [0.717, 1.165) is 70.8 Å². The molecule has 3 fully saturated rings. The molecule has 1 saturated carbocycles. The Morgan fingerprint density at radius 2 is 1.74 bits per heavy atom. The van der Waals surface area contributed by atoms with Gasteiger partial charge in [-0.05, 0) is 63.6 Å². The monoisotopic (exact) mass is 622 g/mol. The molecule has 0 bridgehead atoms. The summed E-state index contributed by atoms with van der Waals surface area (Å²) in [5.74, 6) is 0.911. The predicted octanol–water partition coefficient (Wildman–Crippen LogP) is 3.27. The van der Waals surface area contributed by atoms with Gasteiger partial charge in [0.2, 0.25) is 21.8 Å². The molecule has 12 heteroatoms. The van der Waals surface area contributed by atoms with Crippen LogP contribution in [0.5, 0.6) is 11.5 Å². The fraction of sp³-hybridized carbons (Fsp3) is 0.742. The molecule has 3 aliphatic rings. The summed E-state index contributed by atoms with van der Waals surface area (Å²) >= 11 is 0.